The number of anilines is 1. The van der Waals surface area contributed by atoms with Crippen LogP contribution in [0, 0.1) is 17.2 Å². The van der Waals surface area contributed by atoms with Crippen LogP contribution in [0.5, 0.6) is 0 Å². The molecular formula is C20H22N4O. The lowest BCUT2D eigenvalue weighted by molar-refractivity contribution is -0.119. The van der Waals surface area contributed by atoms with E-state index in [9.17, 15) is 10.1 Å². The van der Waals surface area contributed by atoms with Gasteiger partial charge in [0, 0.05) is 25.5 Å². The lowest BCUT2D eigenvalue weighted by Crippen LogP contribution is -2.35. The standard InChI is InChI=1S/C20H22N4O/c21-13-16-4-1-2-6-19(16)24-10-7-15(8-11-24)12-18(20(22)25)17-5-3-9-23-14-17/h1-6,9,14-15,18H,7-8,10-12H2,(H2,22,25). The highest BCUT2D eigenvalue weighted by molar-refractivity contribution is 5.81. The van der Waals surface area contributed by atoms with Gasteiger partial charge in [-0.25, -0.2) is 0 Å². The zero-order valence-corrected chi connectivity index (χ0v) is 14.1. The molecular weight excluding hydrogens is 312 g/mol. The number of carbonyl (C=O) groups excluding carboxylic acids is 1. The molecule has 1 atom stereocenters. The summed E-state index contributed by atoms with van der Waals surface area (Å²) < 4.78 is 0. The van der Waals surface area contributed by atoms with Crippen molar-refractivity contribution < 1.29 is 4.79 Å². The molecule has 1 amide bonds. The number of benzene rings is 1. The number of nitrogens with two attached hydrogens (primary N) is 1. The number of hydrogen-bond donors (Lipinski definition) is 1. The molecule has 1 aromatic heterocycles. The SMILES string of the molecule is N#Cc1ccccc1N1CCC(CC(C(N)=O)c2cccnc2)CC1. The molecule has 1 fully saturated rings. The maximum Gasteiger partial charge on any atom is 0.225 e. The third kappa shape index (κ3) is 3.97. The Labute approximate surface area is 148 Å². The normalized spacial score (nSPS) is 16.2. The molecule has 1 aliphatic rings. The molecule has 3 rings (SSSR count). The summed E-state index contributed by atoms with van der Waals surface area (Å²) in [7, 11) is 0. The van der Waals surface area contributed by atoms with Gasteiger partial charge < -0.3 is 10.6 Å². The lowest BCUT2D eigenvalue weighted by atomic mass is 9.84. The quantitative estimate of drug-likeness (QED) is 0.911. The molecule has 1 aliphatic heterocycles. The molecule has 1 saturated heterocycles. The fourth-order valence-electron chi connectivity index (χ4n) is 3.59. The smallest absolute Gasteiger partial charge is 0.225 e. The Kier molecular flexibility index (Phi) is 5.30. The number of nitrogens with zero attached hydrogens (tertiary/aromatic N) is 3. The molecule has 2 heterocycles. The number of carbonyl (C=O) groups is 1. The number of rotatable bonds is 5. The fraction of sp³-hybridized carbons (Fsp3) is 0.350. The highest BCUT2D eigenvalue weighted by Crippen LogP contribution is 2.32. The number of amides is 1. The predicted molar refractivity (Wildman–Crippen MR) is 96.9 cm³/mol. The Balaban J connectivity index is 1.64. The van der Waals surface area contributed by atoms with Crippen molar-refractivity contribution in [3.05, 3.63) is 59.9 Å². The van der Waals surface area contributed by atoms with Gasteiger partial charge >= 0.3 is 0 Å². The predicted octanol–water partition coefficient (Wildman–Crippen LogP) is 2.83. The van der Waals surface area contributed by atoms with Crippen LogP contribution in [0.4, 0.5) is 5.69 Å². The van der Waals surface area contributed by atoms with Gasteiger partial charge in [-0.2, -0.15) is 5.26 Å². The average Bonchev–Trinajstić information content (AvgIpc) is 2.67. The summed E-state index contributed by atoms with van der Waals surface area (Å²) >= 11 is 0. The van der Waals surface area contributed by atoms with Crippen LogP contribution >= 0.6 is 0 Å². The number of pyridine rings is 1. The number of hydrogen-bond acceptors (Lipinski definition) is 4. The van der Waals surface area contributed by atoms with Crippen LogP contribution < -0.4 is 10.6 Å². The molecule has 5 nitrogen and oxygen atoms in total. The topological polar surface area (TPSA) is 83.0 Å². The molecule has 0 spiro atoms. The molecule has 5 heteroatoms. The Morgan fingerprint density at radius 1 is 1.28 bits per heavy atom. The van der Waals surface area contributed by atoms with Crippen LogP contribution in [0.15, 0.2) is 48.8 Å². The summed E-state index contributed by atoms with van der Waals surface area (Å²) in [5.41, 5.74) is 8.24. The van der Waals surface area contributed by atoms with Gasteiger partial charge in [0.25, 0.3) is 0 Å². The summed E-state index contributed by atoms with van der Waals surface area (Å²) in [4.78, 5) is 18.3. The van der Waals surface area contributed by atoms with E-state index in [1.165, 1.54) is 0 Å². The first-order valence-electron chi connectivity index (χ1n) is 8.62. The monoisotopic (exact) mass is 334 g/mol. The van der Waals surface area contributed by atoms with Gasteiger partial charge in [-0.15, -0.1) is 0 Å². The van der Waals surface area contributed by atoms with Crippen molar-refractivity contribution in [3.63, 3.8) is 0 Å². The number of para-hydroxylation sites is 1. The minimum absolute atomic E-state index is 0.281. The number of aromatic nitrogens is 1. The summed E-state index contributed by atoms with van der Waals surface area (Å²) in [5.74, 6) is -0.120. The summed E-state index contributed by atoms with van der Waals surface area (Å²) in [5, 5.41) is 9.27. The van der Waals surface area contributed by atoms with E-state index in [4.69, 9.17) is 5.73 Å². The van der Waals surface area contributed by atoms with E-state index in [-0.39, 0.29) is 11.8 Å². The van der Waals surface area contributed by atoms with Crippen LogP contribution in [0.25, 0.3) is 0 Å². The number of piperidine rings is 1. The Morgan fingerprint density at radius 2 is 2.04 bits per heavy atom. The summed E-state index contributed by atoms with van der Waals surface area (Å²) in [6, 6.07) is 13.7. The first-order valence-corrected chi connectivity index (χ1v) is 8.62. The first kappa shape index (κ1) is 17.0. The van der Waals surface area contributed by atoms with Crippen LogP contribution in [-0.4, -0.2) is 24.0 Å². The molecule has 0 saturated carbocycles. The van der Waals surface area contributed by atoms with E-state index in [1.54, 1.807) is 12.4 Å². The number of nitriles is 1. The zero-order chi connectivity index (χ0) is 17.6. The molecule has 0 radical (unpaired) electrons. The Morgan fingerprint density at radius 3 is 2.68 bits per heavy atom. The Bertz CT molecular complexity index is 761. The van der Waals surface area contributed by atoms with Crippen molar-refractivity contribution in [1.82, 2.24) is 4.98 Å². The minimum atomic E-state index is -0.287. The Hall–Kier alpha value is -2.87. The van der Waals surface area contributed by atoms with Crippen LogP contribution in [0.2, 0.25) is 0 Å². The largest absolute Gasteiger partial charge is 0.370 e. The maximum atomic E-state index is 11.9. The fourth-order valence-corrected chi connectivity index (χ4v) is 3.59. The van der Waals surface area contributed by atoms with Crippen molar-refractivity contribution >= 4 is 11.6 Å². The van der Waals surface area contributed by atoms with Gasteiger partial charge in [0.1, 0.15) is 6.07 Å². The second-order valence-corrected chi connectivity index (χ2v) is 6.54. The first-order chi connectivity index (χ1) is 12.2. The van der Waals surface area contributed by atoms with Gasteiger partial charge in [0.05, 0.1) is 17.2 Å². The summed E-state index contributed by atoms with van der Waals surface area (Å²) in [6.07, 6.45) is 6.17. The van der Waals surface area contributed by atoms with E-state index in [0.29, 0.717) is 11.5 Å². The van der Waals surface area contributed by atoms with Crippen molar-refractivity contribution in [1.29, 1.82) is 5.26 Å². The molecule has 128 valence electrons. The summed E-state index contributed by atoms with van der Waals surface area (Å²) in [6.45, 7) is 1.78. The third-order valence-electron chi connectivity index (χ3n) is 4.98. The van der Waals surface area contributed by atoms with Crippen molar-refractivity contribution in [2.24, 2.45) is 11.7 Å². The van der Waals surface area contributed by atoms with Gasteiger partial charge in [-0.3, -0.25) is 9.78 Å². The molecule has 1 aromatic carbocycles. The van der Waals surface area contributed by atoms with Crippen LogP contribution in [0.1, 0.15) is 36.3 Å². The second-order valence-electron chi connectivity index (χ2n) is 6.54. The molecule has 1 unspecified atom stereocenters. The molecule has 2 aromatic rings. The van der Waals surface area contributed by atoms with Gasteiger partial charge in [-0.05, 0) is 48.9 Å². The van der Waals surface area contributed by atoms with Gasteiger partial charge in [0.15, 0.2) is 0 Å². The number of primary amides is 1. The highest BCUT2D eigenvalue weighted by Gasteiger charge is 2.27. The van der Waals surface area contributed by atoms with E-state index >= 15 is 0 Å². The van der Waals surface area contributed by atoms with Crippen molar-refractivity contribution in [3.8, 4) is 6.07 Å². The second kappa shape index (κ2) is 7.80. The molecule has 0 bridgehead atoms. The molecule has 0 aliphatic carbocycles. The van der Waals surface area contributed by atoms with Gasteiger partial charge in [-0.1, -0.05) is 18.2 Å². The van der Waals surface area contributed by atoms with E-state index < -0.39 is 0 Å². The van der Waals surface area contributed by atoms with E-state index in [2.05, 4.69) is 16.0 Å². The van der Waals surface area contributed by atoms with E-state index in [0.717, 1.165) is 43.6 Å². The van der Waals surface area contributed by atoms with Crippen molar-refractivity contribution in [2.45, 2.75) is 25.2 Å². The molecule has 25 heavy (non-hydrogen) atoms. The maximum absolute atomic E-state index is 11.9. The molecule has 2 N–H and O–H groups in total. The van der Waals surface area contributed by atoms with E-state index in [1.807, 2.05) is 36.4 Å². The third-order valence-corrected chi connectivity index (χ3v) is 4.98. The van der Waals surface area contributed by atoms with Crippen molar-refractivity contribution in [2.75, 3.05) is 18.0 Å². The highest BCUT2D eigenvalue weighted by atomic mass is 16.1. The zero-order valence-electron chi connectivity index (χ0n) is 14.1. The lowest BCUT2D eigenvalue weighted by Gasteiger charge is -2.35. The minimum Gasteiger partial charge on any atom is -0.370 e. The van der Waals surface area contributed by atoms with Crippen LogP contribution in [-0.2, 0) is 4.79 Å². The average molecular weight is 334 g/mol. The van der Waals surface area contributed by atoms with Gasteiger partial charge in [0.2, 0.25) is 5.91 Å². The van der Waals surface area contributed by atoms with Crippen LogP contribution in [0.3, 0.4) is 0 Å².